The number of rotatable bonds is 5. The van der Waals surface area contributed by atoms with E-state index in [-0.39, 0.29) is 12.0 Å². The van der Waals surface area contributed by atoms with Gasteiger partial charge in [-0.15, -0.1) is 11.3 Å². The normalized spacial score (nSPS) is 37.2. The van der Waals surface area contributed by atoms with E-state index in [1.54, 1.807) is 11.3 Å². The van der Waals surface area contributed by atoms with Crippen LogP contribution in [0.3, 0.4) is 0 Å². The summed E-state index contributed by atoms with van der Waals surface area (Å²) in [6, 6.07) is 4.89. The van der Waals surface area contributed by atoms with Crippen molar-refractivity contribution in [3.05, 3.63) is 22.4 Å². The second-order valence-corrected chi connectivity index (χ2v) is 7.70. The molecule has 1 aromatic rings. The van der Waals surface area contributed by atoms with Gasteiger partial charge in [0.15, 0.2) is 0 Å². The highest BCUT2D eigenvalue weighted by atomic mass is 32.1. The van der Waals surface area contributed by atoms with Crippen molar-refractivity contribution in [2.45, 2.75) is 44.2 Å². The summed E-state index contributed by atoms with van der Waals surface area (Å²) in [5, 5.41) is 15.5. The van der Waals surface area contributed by atoms with Gasteiger partial charge in [-0.2, -0.15) is 0 Å². The van der Waals surface area contributed by atoms with Crippen molar-refractivity contribution in [3.63, 3.8) is 0 Å². The predicted molar refractivity (Wildman–Crippen MR) is 78.7 cm³/mol. The average molecular weight is 291 g/mol. The Morgan fingerprint density at radius 3 is 2.75 bits per heavy atom. The first-order valence-electron chi connectivity index (χ1n) is 7.76. The topological polar surface area (TPSA) is 49.3 Å². The fraction of sp³-hybridized carbons (Fsp3) is 0.688. The largest absolute Gasteiger partial charge is 0.481 e. The van der Waals surface area contributed by atoms with Crippen LogP contribution in [0.4, 0.5) is 0 Å². The molecule has 0 aliphatic heterocycles. The summed E-state index contributed by atoms with van der Waals surface area (Å²) in [6.07, 6.45) is 6.03. The lowest BCUT2D eigenvalue weighted by molar-refractivity contribution is -0.144. The molecule has 2 bridgehead atoms. The molecule has 1 heterocycles. The Balaban J connectivity index is 1.56. The van der Waals surface area contributed by atoms with Crippen molar-refractivity contribution < 1.29 is 9.90 Å². The zero-order valence-electron chi connectivity index (χ0n) is 11.5. The molecule has 0 aromatic carbocycles. The van der Waals surface area contributed by atoms with Crippen LogP contribution in [0.1, 0.15) is 43.0 Å². The van der Waals surface area contributed by atoms with Crippen molar-refractivity contribution in [2.24, 2.45) is 23.7 Å². The SMILES string of the molecule is O=C(O)C1C2CCC(C2)C1NC(c1cccs1)C1CC1. The number of hydrogen-bond donors (Lipinski definition) is 2. The van der Waals surface area contributed by atoms with E-state index < -0.39 is 5.97 Å². The maximum Gasteiger partial charge on any atom is 0.308 e. The summed E-state index contributed by atoms with van der Waals surface area (Å²) in [7, 11) is 0. The highest BCUT2D eigenvalue weighted by molar-refractivity contribution is 7.10. The molecular formula is C16H21NO2S. The second-order valence-electron chi connectivity index (χ2n) is 6.72. The number of aliphatic carboxylic acids is 1. The third-order valence-electron chi connectivity index (χ3n) is 5.52. The third-order valence-corrected chi connectivity index (χ3v) is 6.47. The number of carboxylic acid groups (broad SMARTS) is 1. The van der Waals surface area contributed by atoms with Gasteiger partial charge >= 0.3 is 5.97 Å². The number of carbonyl (C=O) groups is 1. The molecule has 3 aliphatic carbocycles. The highest BCUT2D eigenvalue weighted by Crippen LogP contribution is 2.51. The zero-order chi connectivity index (χ0) is 13.7. The van der Waals surface area contributed by atoms with Crippen LogP contribution >= 0.6 is 11.3 Å². The molecule has 0 saturated heterocycles. The molecule has 0 radical (unpaired) electrons. The Hall–Kier alpha value is -0.870. The molecule has 4 rings (SSSR count). The third kappa shape index (κ3) is 2.09. The predicted octanol–water partition coefficient (Wildman–Crippen LogP) is 3.29. The number of nitrogens with one attached hydrogen (secondary N) is 1. The van der Waals surface area contributed by atoms with Gasteiger partial charge in [-0.05, 0) is 61.3 Å². The van der Waals surface area contributed by atoms with E-state index in [9.17, 15) is 9.90 Å². The minimum absolute atomic E-state index is 0.157. The Morgan fingerprint density at radius 2 is 2.10 bits per heavy atom. The van der Waals surface area contributed by atoms with Crippen LogP contribution in [-0.2, 0) is 4.79 Å². The first-order valence-corrected chi connectivity index (χ1v) is 8.64. The summed E-state index contributed by atoms with van der Waals surface area (Å²) in [5.74, 6) is 0.980. The Morgan fingerprint density at radius 1 is 1.30 bits per heavy atom. The molecule has 1 aromatic heterocycles. The molecule has 0 amide bonds. The van der Waals surface area contributed by atoms with Gasteiger partial charge in [0.1, 0.15) is 0 Å². The number of fused-ring (bicyclic) bond motifs is 2. The molecule has 3 fully saturated rings. The van der Waals surface area contributed by atoms with Crippen LogP contribution < -0.4 is 5.32 Å². The first kappa shape index (κ1) is 12.8. The fourth-order valence-corrected chi connectivity index (χ4v) is 5.32. The molecule has 0 spiro atoms. The Labute approximate surface area is 123 Å². The van der Waals surface area contributed by atoms with Crippen LogP contribution in [0.25, 0.3) is 0 Å². The molecule has 2 N–H and O–H groups in total. The lowest BCUT2D eigenvalue weighted by atomic mass is 9.84. The maximum atomic E-state index is 11.6. The van der Waals surface area contributed by atoms with Crippen molar-refractivity contribution in [2.75, 3.05) is 0 Å². The molecule has 3 nitrogen and oxygen atoms in total. The summed E-state index contributed by atoms with van der Waals surface area (Å²) in [4.78, 5) is 13.0. The van der Waals surface area contributed by atoms with Crippen LogP contribution in [0.5, 0.6) is 0 Å². The summed E-state index contributed by atoms with van der Waals surface area (Å²) < 4.78 is 0. The van der Waals surface area contributed by atoms with Gasteiger partial charge in [-0.25, -0.2) is 0 Å². The second kappa shape index (κ2) is 4.85. The quantitative estimate of drug-likeness (QED) is 0.875. The number of hydrogen-bond acceptors (Lipinski definition) is 3. The smallest absolute Gasteiger partial charge is 0.308 e. The summed E-state index contributed by atoms with van der Waals surface area (Å²) >= 11 is 1.80. The molecule has 4 heteroatoms. The van der Waals surface area contributed by atoms with Crippen LogP contribution in [0.2, 0.25) is 0 Å². The number of carboxylic acids is 1. The standard InChI is InChI=1S/C16H21NO2S/c18-16(19)13-10-5-6-11(8-10)15(13)17-14(9-3-4-9)12-2-1-7-20-12/h1-2,7,9-11,13-15,17H,3-6,8H2,(H,18,19). The highest BCUT2D eigenvalue weighted by Gasteiger charge is 2.52. The fourth-order valence-electron chi connectivity index (χ4n) is 4.44. The lowest BCUT2D eigenvalue weighted by Crippen LogP contribution is -2.46. The van der Waals surface area contributed by atoms with Gasteiger partial charge in [-0.3, -0.25) is 4.79 Å². The van der Waals surface area contributed by atoms with E-state index in [0.717, 1.165) is 18.8 Å². The van der Waals surface area contributed by atoms with Crippen LogP contribution in [0.15, 0.2) is 17.5 Å². The van der Waals surface area contributed by atoms with E-state index in [4.69, 9.17) is 0 Å². The van der Waals surface area contributed by atoms with E-state index in [0.29, 0.717) is 17.9 Å². The minimum Gasteiger partial charge on any atom is -0.481 e. The van der Waals surface area contributed by atoms with Crippen molar-refractivity contribution in [1.82, 2.24) is 5.32 Å². The lowest BCUT2D eigenvalue weighted by Gasteiger charge is -2.32. The molecular weight excluding hydrogens is 270 g/mol. The van der Waals surface area contributed by atoms with Gasteiger partial charge in [0.2, 0.25) is 0 Å². The van der Waals surface area contributed by atoms with E-state index >= 15 is 0 Å². The van der Waals surface area contributed by atoms with E-state index in [2.05, 4.69) is 22.8 Å². The van der Waals surface area contributed by atoms with Gasteiger partial charge in [0, 0.05) is 17.0 Å². The van der Waals surface area contributed by atoms with Gasteiger partial charge < -0.3 is 10.4 Å². The van der Waals surface area contributed by atoms with Crippen LogP contribution in [0, 0.1) is 23.7 Å². The van der Waals surface area contributed by atoms with E-state index in [1.807, 2.05) is 0 Å². The zero-order valence-corrected chi connectivity index (χ0v) is 12.3. The summed E-state index contributed by atoms with van der Waals surface area (Å²) in [5.41, 5.74) is 0. The molecule has 5 atom stereocenters. The molecule has 3 aliphatic rings. The number of thiophene rings is 1. The summed E-state index contributed by atoms with van der Waals surface area (Å²) in [6.45, 7) is 0. The van der Waals surface area contributed by atoms with Crippen molar-refractivity contribution >= 4 is 17.3 Å². The maximum absolute atomic E-state index is 11.6. The van der Waals surface area contributed by atoms with E-state index in [1.165, 1.54) is 24.1 Å². The molecule has 20 heavy (non-hydrogen) atoms. The molecule has 5 unspecified atom stereocenters. The molecule has 108 valence electrons. The average Bonchev–Trinajstić information content (AvgIpc) is 2.88. The van der Waals surface area contributed by atoms with Crippen LogP contribution in [-0.4, -0.2) is 17.1 Å². The van der Waals surface area contributed by atoms with Gasteiger partial charge in [0.25, 0.3) is 0 Å². The first-order chi connectivity index (χ1) is 9.74. The van der Waals surface area contributed by atoms with Crippen molar-refractivity contribution in [3.8, 4) is 0 Å². The van der Waals surface area contributed by atoms with Gasteiger partial charge in [0.05, 0.1) is 5.92 Å². The van der Waals surface area contributed by atoms with Crippen molar-refractivity contribution in [1.29, 1.82) is 0 Å². The van der Waals surface area contributed by atoms with Gasteiger partial charge in [-0.1, -0.05) is 6.07 Å². The Kier molecular flexibility index (Phi) is 3.11. The Bertz CT molecular complexity index is 497. The molecule has 3 saturated carbocycles. The minimum atomic E-state index is -0.588. The monoisotopic (exact) mass is 291 g/mol.